The van der Waals surface area contributed by atoms with Gasteiger partial charge in [0.1, 0.15) is 6.61 Å². The summed E-state index contributed by atoms with van der Waals surface area (Å²) in [6.45, 7) is 3.74. The van der Waals surface area contributed by atoms with E-state index in [1.54, 1.807) is 12.4 Å². The average molecular weight is 211 g/mol. The van der Waals surface area contributed by atoms with E-state index >= 15 is 0 Å². The summed E-state index contributed by atoms with van der Waals surface area (Å²) < 4.78 is 6.92. The van der Waals surface area contributed by atoms with Crippen molar-refractivity contribution in [3.63, 3.8) is 0 Å². The third kappa shape index (κ3) is 3.45. The van der Waals surface area contributed by atoms with E-state index in [0.29, 0.717) is 19.0 Å². The van der Waals surface area contributed by atoms with Crippen molar-refractivity contribution in [2.75, 3.05) is 19.8 Å². The number of Topliss-reactive ketones (excluding diaryl/α,β-unsaturated/α-hetero) is 1. The molecular weight excluding hydrogens is 194 g/mol. The average Bonchev–Trinajstić information content (AvgIpc) is 2.67. The Morgan fingerprint density at radius 2 is 2.47 bits per heavy atom. The van der Waals surface area contributed by atoms with E-state index in [-0.39, 0.29) is 12.4 Å². The van der Waals surface area contributed by atoms with Crippen LogP contribution in [-0.2, 0) is 11.3 Å². The molecule has 1 heterocycles. The molecule has 0 amide bonds. The van der Waals surface area contributed by atoms with Crippen molar-refractivity contribution in [3.8, 4) is 0 Å². The van der Waals surface area contributed by atoms with Crippen LogP contribution in [0.25, 0.3) is 0 Å². The van der Waals surface area contributed by atoms with E-state index < -0.39 is 0 Å². The fraction of sp³-hybridized carbons (Fsp3) is 0.600. The van der Waals surface area contributed by atoms with Crippen molar-refractivity contribution >= 4 is 5.78 Å². The molecule has 84 valence electrons. The lowest BCUT2D eigenvalue weighted by Crippen LogP contribution is -2.18. The molecule has 5 nitrogen and oxygen atoms in total. The third-order valence-electron chi connectivity index (χ3n) is 1.92. The molecule has 5 heteroatoms. The van der Waals surface area contributed by atoms with Crippen LogP contribution in [0.4, 0.5) is 0 Å². The minimum absolute atomic E-state index is 0.0535. The highest BCUT2D eigenvalue weighted by Gasteiger charge is 2.11. The van der Waals surface area contributed by atoms with E-state index in [0.717, 1.165) is 13.0 Å². The molecule has 1 rings (SSSR count). The van der Waals surface area contributed by atoms with Gasteiger partial charge in [-0.1, -0.05) is 6.92 Å². The number of hydrogen-bond donors (Lipinski definition) is 1. The number of rotatable bonds is 7. The van der Waals surface area contributed by atoms with Crippen LogP contribution in [0.2, 0.25) is 0 Å². The van der Waals surface area contributed by atoms with Crippen molar-refractivity contribution in [2.24, 2.45) is 5.73 Å². The maximum absolute atomic E-state index is 11.6. The molecule has 0 spiro atoms. The van der Waals surface area contributed by atoms with Crippen molar-refractivity contribution in [3.05, 3.63) is 18.2 Å². The van der Waals surface area contributed by atoms with Crippen LogP contribution in [0.15, 0.2) is 12.4 Å². The molecule has 1 aromatic rings. The molecule has 0 bridgehead atoms. The second-order valence-corrected chi connectivity index (χ2v) is 3.21. The Bertz CT molecular complexity index is 309. The Balaban J connectivity index is 2.53. The first-order valence-electron chi connectivity index (χ1n) is 5.11. The summed E-state index contributed by atoms with van der Waals surface area (Å²) in [5, 5.41) is 0. The summed E-state index contributed by atoms with van der Waals surface area (Å²) in [6.07, 6.45) is 4.41. The number of aryl methyl sites for hydroxylation is 1. The van der Waals surface area contributed by atoms with Gasteiger partial charge in [-0.2, -0.15) is 0 Å². The minimum Gasteiger partial charge on any atom is -0.372 e. The Kier molecular flexibility index (Phi) is 5.00. The van der Waals surface area contributed by atoms with Crippen LogP contribution in [-0.4, -0.2) is 35.1 Å². The fourth-order valence-corrected chi connectivity index (χ4v) is 1.30. The van der Waals surface area contributed by atoms with Crippen molar-refractivity contribution in [1.29, 1.82) is 0 Å². The molecule has 0 aliphatic heterocycles. The second-order valence-electron chi connectivity index (χ2n) is 3.21. The Morgan fingerprint density at radius 1 is 1.67 bits per heavy atom. The second kappa shape index (κ2) is 6.31. The van der Waals surface area contributed by atoms with Crippen LogP contribution in [0.3, 0.4) is 0 Å². The summed E-state index contributed by atoms with van der Waals surface area (Å²) in [5.41, 5.74) is 5.25. The number of ketones is 1. The number of nitrogens with zero attached hydrogens (tertiary/aromatic N) is 2. The largest absolute Gasteiger partial charge is 0.372 e. The van der Waals surface area contributed by atoms with Crippen LogP contribution in [0.1, 0.15) is 24.0 Å². The first kappa shape index (κ1) is 11.9. The minimum atomic E-state index is -0.0955. The molecule has 2 N–H and O–H groups in total. The number of aromatic nitrogens is 2. The van der Waals surface area contributed by atoms with Crippen molar-refractivity contribution in [1.82, 2.24) is 9.55 Å². The zero-order chi connectivity index (χ0) is 11.1. The molecule has 15 heavy (non-hydrogen) atoms. The predicted molar refractivity (Wildman–Crippen MR) is 56.7 cm³/mol. The van der Waals surface area contributed by atoms with Crippen LogP contribution >= 0.6 is 0 Å². The Morgan fingerprint density at radius 3 is 3.13 bits per heavy atom. The van der Waals surface area contributed by atoms with E-state index in [9.17, 15) is 4.79 Å². The monoisotopic (exact) mass is 211 g/mol. The first-order chi connectivity index (χ1) is 7.29. The van der Waals surface area contributed by atoms with E-state index in [4.69, 9.17) is 10.5 Å². The molecule has 0 aliphatic carbocycles. The van der Waals surface area contributed by atoms with Crippen LogP contribution < -0.4 is 5.73 Å². The standard InChI is InChI=1S/C10H17N3O2/c1-2-5-13-6-4-12-10(13)9(14)8-15-7-3-11/h4,6H,2-3,5,7-8,11H2,1H3. The highest BCUT2D eigenvalue weighted by atomic mass is 16.5. The fourth-order valence-electron chi connectivity index (χ4n) is 1.30. The number of carbonyl (C=O) groups is 1. The molecule has 0 aromatic carbocycles. The molecule has 0 radical (unpaired) electrons. The maximum Gasteiger partial charge on any atom is 0.223 e. The molecule has 0 atom stereocenters. The molecule has 0 fully saturated rings. The predicted octanol–water partition coefficient (Wildman–Crippen LogP) is 0.451. The lowest BCUT2D eigenvalue weighted by molar-refractivity contribution is 0.0759. The summed E-state index contributed by atoms with van der Waals surface area (Å²) in [5.74, 6) is 0.371. The van der Waals surface area contributed by atoms with Gasteiger partial charge in [0.2, 0.25) is 5.78 Å². The van der Waals surface area contributed by atoms with Crippen LogP contribution in [0.5, 0.6) is 0 Å². The van der Waals surface area contributed by atoms with Crippen molar-refractivity contribution < 1.29 is 9.53 Å². The lowest BCUT2D eigenvalue weighted by atomic mass is 10.3. The first-order valence-corrected chi connectivity index (χ1v) is 5.11. The summed E-state index contributed by atoms with van der Waals surface area (Å²) in [7, 11) is 0. The molecule has 0 aliphatic rings. The summed E-state index contributed by atoms with van der Waals surface area (Å²) in [4.78, 5) is 15.6. The highest BCUT2D eigenvalue weighted by Crippen LogP contribution is 2.00. The Labute approximate surface area is 89.2 Å². The molecule has 0 saturated carbocycles. The molecular formula is C10H17N3O2. The molecule has 0 saturated heterocycles. The van der Waals surface area contributed by atoms with E-state index in [1.807, 2.05) is 4.57 Å². The number of hydrogen-bond acceptors (Lipinski definition) is 4. The van der Waals surface area contributed by atoms with Gasteiger partial charge in [-0.05, 0) is 6.42 Å². The highest BCUT2D eigenvalue weighted by molar-refractivity contribution is 5.93. The lowest BCUT2D eigenvalue weighted by Gasteiger charge is -2.05. The number of imidazole rings is 1. The Hall–Kier alpha value is -1.20. The third-order valence-corrected chi connectivity index (χ3v) is 1.92. The number of carbonyl (C=O) groups excluding carboxylic acids is 1. The van der Waals surface area contributed by atoms with Gasteiger partial charge in [-0.3, -0.25) is 4.79 Å². The van der Waals surface area contributed by atoms with Gasteiger partial charge in [0, 0.05) is 25.5 Å². The zero-order valence-electron chi connectivity index (χ0n) is 8.98. The number of nitrogens with two attached hydrogens (primary N) is 1. The van der Waals surface area contributed by atoms with E-state index in [2.05, 4.69) is 11.9 Å². The normalized spacial score (nSPS) is 10.5. The van der Waals surface area contributed by atoms with Gasteiger partial charge in [0.15, 0.2) is 5.82 Å². The van der Waals surface area contributed by atoms with Crippen molar-refractivity contribution in [2.45, 2.75) is 19.9 Å². The van der Waals surface area contributed by atoms with Crippen LogP contribution in [0, 0.1) is 0 Å². The SMILES string of the molecule is CCCn1ccnc1C(=O)COCCN. The topological polar surface area (TPSA) is 70.1 Å². The summed E-state index contributed by atoms with van der Waals surface area (Å²) in [6, 6.07) is 0. The van der Waals surface area contributed by atoms with E-state index in [1.165, 1.54) is 0 Å². The van der Waals surface area contributed by atoms with Gasteiger partial charge in [0.05, 0.1) is 6.61 Å². The quantitative estimate of drug-likeness (QED) is 0.525. The summed E-state index contributed by atoms with van der Waals surface area (Å²) >= 11 is 0. The van der Waals surface area contributed by atoms with Gasteiger partial charge >= 0.3 is 0 Å². The maximum atomic E-state index is 11.6. The molecule has 1 aromatic heterocycles. The zero-order valence-corrected chi connectivity index (χ0v) is 8.98. The van der Waals surface area contributed by atoms with Gasteiger partial charge in [0.25, 0.3) is 0 Å². The van der Waals surface area contributed by atoms with Gasteiger partial charge in [-0.15, -0.1) is 0 Å². The number of ether oxygens (including phenoxy) is 1. The molecule has 0 unspecified atom stereocenters. The van der Waals surface area contributed by atoms with Gasteiger partial charge < -0.3 is 15.0 Å². The smallest absolute Gasteiger partial charge is 0.223 e. The van der Waals surface area contributed by atoms with Gasteiger partial charge in [-0.25, -0.2) is 4.98 Å².